The molecule has 0 N–H and O–H groups in total. The molecule has 0 amide bonds. The van der Waals surface area contributed by atoms with Crippen molar-refractivity contribution in [3.63, 3.8) is 0 Å². The average Bonchev–Trinajstić information content (AvgIpc) is 3.43. The van der Waals surface area contributed by atoms with Crippen molar-refractivity contribution in [3.8, 4) is 0 Å². The van der Waals surface area contributed by atoms with Crippen LogP contribution in [-0.4, -0.2) is 11.6 Å². The summed E-state index contributed by atoms with van der Waals surface area (Å²) >= 11 is 0. The monoisotopic (exact) mass is 652 g/mol. The molecule has 0 saturated heterocycles. The zero-order chi connectivity index (χ0) is 36.1. The van der Waals surface area contributed by atoms with Crippen molar-refractivity contribution in [3.05, 3.63) is 141 Å². The molecular weight excluding hydrogens is 601 g/mol. The predicted molar refractivity (Wildman–Crippen MR) is 205 cm³/mol. The van der Waals surface area contributed by atoms with Crippen LogP contribution in [0.1, 0.15) is 106 Å². The van der Waals surface area contributed by atoms with Gasteiger partial charge in [0.1, 0.15) is 11.5 Å². The van der Waals surface area contributed by atoms with Crippen LogP contribution in [0.3, 0.4) is 0 Å². The zero-order valence-corrected chi connectivity index (χ0v) is 31.5. The van der Waals surface area contributed by atoms with E-state index in [1.54, 1.807) is 0 Å². The lowest BCUT2D eigenvalue weighted by Gasteiger charge is -2.34. The van der Waals surface area contributed by atoms with Gasteiger partial charge < -0.3 is 4.42 Å². The highest BCUT2D eigenvalue weighted by molar-refractivity contribution is 6.21. The van der Waals surface area contributed by atoms with Crippen molar-refractivity contribution in [1.29, 1.82) is 0 Å². The van der Waals surface area contributed by atoms with E-state index >= 15 is 0 Å². The fourth-order valence-electron chi connectivity index (χ4n) is 6.81. The fourth-order valence-corrected chi connectivity index (χ4v) is 6.81. The second-order valence-corrected chi connectivity index (χ2v) is 17.4. The smallest absolute Gasteiger partial charge is 0.186 e. The van der Waals surface area contributed by atoms with Crippen LogP contribution >= 0.6 is 0 Å². The van der Waals surface area contributed by atoms with E-state index in [2.05, 4.69) is 132 Å². The molecule has 2 aliphatic rings. The number of carbonyl (C=O) groups is 2. The van der Waals surface area contributed by atoms with E-state index in [-0.39, 0.29) is 33.2 Å². The molecule has 3 aromatic rings. The lowest BCUT2D eigenvalue weighted by Crippen LogP contribution is -2.29. The minimum atomic E-state index is -0.384. The van der Waals surface area contributed by atoms with Gasteiger partial charge in [0.2, 0.25) is 0 Å². The van der Waals surface area contributed by atoms with E-state index in [4.69, 9.17) is 4.42 Å². The third-order valence-corrected chi connectivity index (χ3v) is 9.10. The summed E-state index contributed by atoms with van der Waals surface area (Å²) in [6, 6.07) is 24.3. The molecule has 0 radical (unpaired) electrons. The molecule has 49 heavy (non-hydrogen) atoms. The molecule has 1 aromatic heterocycles. The highest BCUT2D eigenvalue weighted by Gasteiger charge is 2.39. The third kappa shape index (κ3) is 7.42. The molecular formula is C46H52O3. The van der Waals surface area contributed by atoms with Gasteiger partial charge in [-0.25, -0.2) is 0 Å². The third-order valence-electron chi connectivity index (χ3n) is 9.10. The van der Waals surface area contributed by atoms with Crippen LogP contribution in [-0.2, 0) is 9.59 Å². The molecule has 2 aliphatic carbocycles. The molecule has 0 unspecified atom stereocenters. The highest BCUT2D eigenvalue weighted by Crippen LogP contribution is 2.48. The van der Waals surface area contributed by atoms with Gasteiger partial charge in [0.15, 0.2) is 11.6 Å². The number of Topliss-reactive ketones (excluding diaryl/α,β-unsaturated/α-hetero) is 2. The van der Waals surface area contributed by atoms with E-state index in [0.717, 1.165) is 55.7 Å². The molecule has 1 heterocycles. The van der Waals surface area contributed by atoms with E-state index in [1.165, 1.54) is 0 Å². The number of rotatable bonds is 4. The van der Waals surface area contributed by atoms with Gasteiger partial charge in [0.25, 0.3) is 0 Å². The Labute approximate surface area is 293 Å². The summed E-state index contributed by atoms with van der Waals surface area (Å²) in [5.41, 5.74) is 7.54. The van der Waals surface area contributed by atoms with Crippen LogP contribution in [0.2, 0.25) is 0 Å². The first-order valence-electron chi connectivity index (χ1n) is 17.4. The molecule has 2 aromatic carbocycles. The Morgan fingerprint density at radius 2 is 0.776 bits per heavy atom. The molecule has 254 valence electrons. The van der Waals surface area contributed by atoms with Crippen LogP contribution in [0.15, 0.2) is 123 Å². The maximum Gasteiger partial charge on any atom is 0.186 e. The normalized spacial score (nSPS) is 18.4. The van der Waals surface area contributed by atoms with Crippen molar-refractivity contribution < 1.29 is 14.0 Å². The van der Waals surface area contributed by atoms with E-state index in [1.807, 2.05) is 48.5 Å². The summed E-state index contributed by atoms with van der Waals surface area (Å²) in [7, 11) is 0. The van der Waals surface area contributed by atoms with Crippen molar-refractivity contribution in [2.45, 2.75) is 83.1 Å². The maximum absolute atomic E-state index is 14.2. The SMILES string of the molecule is CC(C)(C)C1=CC(=Cc2ccc(C=C3C=C(C(C)(C)C)C(=O)C(C(C)(C)C)=C3c3ccccc3)o2)C(c2ccccc2)=C(C(C)(C)C)C1=O. The summed E-state index contributed by atoms with van der Waals surface area (Å²) in [5.74, 6) is 1.58. The van der Waals surface area contributed by atoms with Gasteiger partial charge in [0, 0.05) is 22.3 Å². The molecule has 0 atom stereocenters. The van der Waals surface area contributed by atoms with Crippen molar-refractivity contribution in [2.24, 2.45) is 21.7 Å². The quantitative estimate of drug-likeness (QED) is 0.282. The molecule has 5 rings (SSSR count). The number of hydrogen-bond acceptors (Lipinski definition) is 3. The zero-order valence-electron chi connectivity index (χ0n) is 31.5. The first-order chi connectivity index (χ1) is 22.7. The van der Waals surface area contributed by atoms with Gasteiger partial charge in [-0.15, -0.1) is 0 Å². The number of allylic oxidation sites excluding steroid dienone is 10. The lowest BCUT2D eigenvalue weighted by atomic mass is 9.68. The second kappa shape index (κ2) is 12.8. The topological polar surface area (TPSA) is 47.3 Å². The molecule has 0 fully saturated rings. The first kappa shape index (κ1) is 35.8. The summed E-state index contributed by atoms with van der Waals surface area (Å²) in [6.07, 6.45) is 8.22. The van der Waals surface area contributed by atoms with Gasteiger partial charge in [-0.3, -0.25) is 9.59 Å². The van der Waals surface area contributed by atoms with Crippen molar-refractivity contribution in [1.82, 2.24) is 0 Å². The van der Waals surface area contributed by atoms with Crippen LogP contribution in [0.5, 0.6) is 0 Å². The number of benzene rings is 2. The largest absolute Gasteiger partial charge is 0.457 e. The summed E-state index contributed by atoms with van der Waals surface area (Å²) in [5, 5.41) is 0. The van der Waals surface area contributed by atoms with Gasteiger partial charge in [-0.05, 0) is 91.5 Å². The molecule has 0 bridgehead atoms. The Morgan fingerprint density at radius 3 is 1.06 bits per heavy atom. The van der Waals surface area contributed by atoms with Gasteiger partial charge in [0.05, 0.1) is 0 Å². The van der Waals surface area contributed by atoms with Gasteiger partial charge in [-0.1, -0.05) is 144 Å². The number of hydrogen-bond donors (Lipinski definition) is 0. The average molecular weight is 653 g/mol. The second-order valence-electron chi connectivity index (χ2n) is 17.4. The Kier molecular flexibility index (Phi) is 9.32. The van der Waals surface area contributed by atoms with Crippen molar-refractivity contribution >= 4 is 34.9 Å². The molecule has 0 saturated carbocycles. The van der Waals surface area contributed by atoms with E-state index < -0.39 is 0 Å². The fraction of sp³-hybridized carbons (Fsp3) is 0.348. The van der Waals surface area contributed by atoms with Crippen LogP contribution in [0.25, 0.3) is 23.3 Å². The minimum absolute atomic E-state index is 0.101. The standard InChI is InChI=1S/C46H52O3/c1-43(2,3)35-27-31(37(29-19-15-13-16-20-29)39(41(35)47)45(7,8)9)25-33-23-24-34(49-33)26-32-28-36(44(4,5)6)42(48)40(46(10,11)12)38(32)30-21-17-14-18-22-30/h13-28H,1-12H3. The molecule has 0 spiro atoms. The Bertz CT molecular complexity index is 1830. The van der Waals surface area contributed by atoms with Crippen LogP contribution in [0.4, 0.5) is 0 Å². The number of ketones is 2. The maximum atomic E-state index is 14.2. The molecule has 3 nitrogen and oxygen atoms in total. The van der Waals surface area contributed by atoms with E-state index in [9.17, 15) is 9.59 Å². The molecule has 3 heteroatoms. The van der Waals surface area contributed by atoms with Crippen molar-refractivity contribution in [2.75, 3.05) is 0 Å². The Balaban J connectivity index is 1.73. The van der Waals surface area contributed by atoms with Crippen LogP contribution < -0.4 is 0 Å². The van der Waals surface area contributed by atoms with E-state index in [0.29, 0.717) is 11.5 Å². The Hall–Kier alpha value is -4.50. The summed E-state index contributed by atoms with van der Waals surface area (Å²) in [4.78, 5) is 28.3. The van der Waals surface area contributed by atoms with Gasteiger partial charge in [-0.2, -0.15) is 0 Å². The Morgan fingerprint density at radius 1 is 0.449 bits per heavy atom. The predicted octanol–water partition coefficient (Wildman–Crippen LogP) is 12.2. The summed E-state index contributed by atoms with van der Waals surface area (Å²) < 4.78 is 6.57. The molecule has 0 aliphatic heterocycles. The summed E-state index contributed by atoms with van der Waals surface area (Å²) in [6.45, 7) is 25.2. The number of carbonyl (C=O) groups excluding carboxylic acids is 2. The van der Waals surface area contributed by atoms with Gasteiger partial charge >= 0.3 is 0 Å². The van der Waals surface area contributed by atoms with Crippen LogP contribution in [0, 0.1) is 21.7 Å². The lowest BCUT2D eigenvalue weighted by molar-refractivity contribution is -0.114. The number of furan rings is 1. The minimum Gasteiger partial charge on any atom is -0.457 e. The highest BCUT2D eigenvalue weighted by atomic mass is 16.3. The first-order valence-corrected chi connectivity index (χ1v) is 17.4.